The van der Waals surface area contributed by atoms with E-state index in [1.165, 1.54) is 18.4 Å². The lowest BCUT2D eigenvalue weighted by Gasteiger charge is -2.11. The molecule has 7 fully saturated rings. The van der Waals surface area contributed by atoms with Gasteiger partial charge in [0.25, 0.3) is 0 Å². The summed E-state index contributed by atoms with van der Waals surface area (Å²) in [5.41, 5.74) is 3.81. The molecular weight excluding hydrogens is 455 g/mol. The Labute approximate surface area is 204 Å². The minimum atomic E-state index is -0.745. The lowest BCUT2D eigenvalue weighted by Crippen LogP contribution is -2.22. The van der Waals surface area contributed by atoms with Crippen molar-refractivity contribution in [2.45, 2.75) is 104 Å². The van der Waals surface area contributed by atoms with Crippen LogP contribution in [0.4, 0.5) is 4.39 Å². The molecular formula is C28H30ClFO4. The van der Waals surface area contributed by atoms with E-state index in [0.717, 1.165) is 30.8 Å². The number of rotatable bonds is 0. The minimum Gasteiger partial charge on any atom is -0.362 e. The molecule has 3 spiro atoms. The number of ether oxygens (including phenoxy) is 4. The van der Waals surface area contributed by atoms with Crippen LogP contribution in [0.1, 0.15) is 45.4 Å². The molecule has 11 atom stereocenters. The number of hydrogen-bond donors (Lipinski definition) is 0. The van der Waals surface area contributed by atoms with Crippen molar-refractivity contribution in [2.24, 2.45) is 5.92 Å². The van der Waals surface area contributed by atoms with Gasteiger partial charge < -0.3 is 18.9 Å². The van der Waals surface area contributed by atoms with E-state index in [9.17, 15) is 4.39 Å². The lowest BCUT2D eigenvalue weighted by molar-refractivity contribution is 0.290. The molecule has 4 aliphatic heterocycles. The molecule has 0 amide bonds. The molecule has 0 bridgehead atoms. The first-order chi connectivity index (χ1) is 16.5. The van der Waals surface area contributed by atoms with Crippen molar-refractivity contribution in [2.75, 3.05) is 0 Å². The summed E-state index contributed by atoms with van der Waals surface area (Å²) < 4.78 is 35.6. The van der Waals surface area contributed by atoms with E-state index < -0.39 is 6.17 Å². The minimum absolute atomic E-state index is 0.0706. The maximum atomic E-state index is 13.1. The van der Waals surface area contributed by atoms with Crippen molar-refractivity contribution in [3.05, 3.63) is 59.3 Å². The Hall–Kier alpha value is -1.24. The second kappa shape index (κ2) is 6.74. The van der Waals surface area contributed by atoms with Crippen LogP contribution in [0.3, 0.4) is 0 Å². The van der Waals surface area contributed by atoms with Crippen molar-refractivity contribution >= 4 is 11.6 Å². The third-order valence-electron chi connectivity index (χ3n) is 9.70. The Bertz CT molecular complexity index is 1050. The van der Waals surface area contributed by atoms with Gasteiger partial charge >= 0.3 is 0 Å². The summed E-state index contributed by atoms with van der Waals surface area (Å²) >= 11 is 6.12. The van der Waals surface area contributed by atoms with Gasteiger partial charge in [-0.2, -0.15) is 0 Å². The number of fused-ring (bicyclic) bond motifs is 2. The summed E-state index contributed by atoms with van der Waals surface area (Å²) in [5, 5.41) is 0.227. The van der Waals surface area contributed by atoms with Crippen LogP contribution >= 0.6 is 11.6 Å². The van der Waals surface area contributed by atoms with Crippen LogP contribution in [0, 0.1) is 5.92 Å². The van der Waals surface area contributed by atoms with E-state index >= 15 is 0 Å². The first-order valence-electron chi connectivity index (χ1n) is 12.9. The van der Waals surface area contributed by atoms with Gasteiger partial charge in [0, 0.05) is 0 Å². The van der Waals surface area contributed by atoms with E-state index in [-0.39, 0.29) is 28.3 Å². The van der Waals surface area contributed by atoms with Gasteiger partial charge in [-0.05, 0) is 61.2 Å². The monoisotopic (exact) mass is 484 g/mol. The second-order valence-electron chi connectivity index (χ2n) is 11.4. The van der Waals surface area contributed by atoms with Crippen LogP contribution in [0.2, 0.25) is 0 Å². The molecule has 11 unspecified atom stereocenters. The quantitative estimate of drug-likeness (QED) is 0.275. The predicted octanol–water partition coefficient (Wildman–Crippen LogP) is 5.03. The zero-order valence-corrected chi connectivity index (χ0v) is 20.0. The molecule has 0 N–H and O–H groups in total. The highest BCUT2D eigenvalue weighted by Gasteiger charge is 2.73. The van der Waals surface area contributed by atoms with Crippen molar-refractivity contribution in [1.29, 1.82) is 0 Å². The average molecular weight is 485 g/mol. The highest BCUT2D eigenvalue weighted by Crippen LogP contribution is 2.63. The van der Waals surface area contributed by atoms with Gasteiger partial charge in [-0.3, -0.25) is 0 Å². The van der Waals surface area contributed by atoms with E-state index in [0.29, 0.717) is 30.8 Å². The van der Waals surface area contributed by atoms with Gasteiger partial charge in [0.1, 0.15) is 53.5 Å². The molecule has 4 heterocycles. The van der Waals surface area contributed by atoms with E-state index in [4.69, 9.17) is 30.5 Å². The van der Waals surface area contributed by atoms with Crippen LogP contribution in [0.5, 0.6) is 0 Å². The summed E-state index contributed by atoms with van der Waals surface area (Å²) in [7, 11) is 0. The molecule has 0 radical (unpaired) electrons. The summed E-state index contributed by atoms with van der Waals surface area (Å²) in [5.74, 6) is 0.736. The number of allylic oxidation sites excluding steroid dienone is 4. The zero-order chi connectivity index (χ0) is 22.9. The number of hydrogen-bond acceptors (Lipinski definition) is 4. The Morgan fingerprint density at radius 2 is 1.53 bits per heavy atom. The van der Waals surface area contributed by atoms with Crippen molar-refractivity contribution < 1.29 is 23.3 Å². The first kappa shape index (κ1) is 20.9. The molecule has 0 aromatic rings. The Morgan fingerprint density at radius 1 is 0.853 bits per heavy atom. The second-order valence-corrected chi connectivity index (χ2v) is 12.0. The van der Waals surface area contributed by atoms with Crippen LogP contribution in [-0.4, -0.2) is 58.9 Å². The average Bonchev–Trinajstić information content (AvgIpc) is 3.73. The lowest BCUT2D eigenvalue weighted by atomic mass is 9.87. The molecule has 10 aliphatic rings. The van der Waals surface area contributed by atoms with E-state index in [1.807, 2.05) is 18.2 Å². The standard InChI is InChI=1S/C10H12O2.C9H9ClO.C9H9FO/c1-5-2-3-10-6(5)4-7-8(11-7)9(10)12-10;2*10-7-4-5-9-6(7)2-1-3-8(9)11-9/h4-5,7-9H,2-3H2,1H3;2*1-3,7-8H,4-5H2. The predicted molar refractivity (Wildman–Crippen MR) is 125 cm³/mol. The topological polar surface area (TPSA) is 50.1 Å². The fourth-order valence-electron chi connectivity index (χ4n) is 7.57. The summed E-state index contributed by atoms with van der Waals surface area (Å²) in [4.78, 5) is 0. The molecule has 6 aliphatic carbocycles. The van der Waals surface area contributed by atoms with Gasteiger partial charge in [-0.25, -0.2) is 4.39 Å². The van der Waals surface area contributed by atoms with Gasteiger partial charge in [-0.1, -0.05) is 49.5 Å². The molecule has 180 valence electrons. The van der Waals surface area contributed by atoms with Crippen LogP contribution in [0.25, 0.3) is 0 Å². The highest BCUT2D eigenvalue weighted by molar-refractivity contribution is 6.23. The molecule has 6 heteroatoms. The number of alkyl halides is 2. The summed E-state index contributed by atoms with van der Waals surface area (Å²) in [6.07, 6.45) is 21.8. The van der Waals surface area contributed by atoms with Crippen molar-refractivity contribution in [3.63, 3.8) is 0 Å². The molecule has 10 rings (SSSR count). The molecule has 4 saturated heterocycles. The maximum absolute atomic E-state index is 13.1. The van der Waals surface area contributed by atoms with Crippen LogP contribution in [0.15, 0.2) is 59.3 Å². The molecule has 4 nitrogen and oxygen atoms in total. The third kappa shape index (κ3) is 2.74. The van der Waals surface area contributed by atoms with E-state index in [2.05, 4.69) is 31.2 Å². The zero-order valence-electron chi connectivity index (χ0n) is 19.3. The fourth-order valence-corrected chi connectivity index (χ4v) is 7.93. The smallest absolute Gasteiger partial charge is 0.124 e. The maximum Gasteiger partial charge on any atom is 0.124 e. The Balaban J connectivity index is 0.0000000826. The van der Waals surface area contributed by atoms with Gasteiger partial charge in [-0.15, -0.1) is 11.6 Å². The first-order valence-corrected chi connectivity index (χ1v) is 13.4. The summed E-state index contributed by atoms with van der Waals surface area (Å²) in [6.45, 7) is 2.31. The molecule has 34 heavy (non-hydrogen) atoms. The van der Waals surface area contributed by atoms with Crippen molar-refractivity contribution in [3.8, 4) is 0 Å². The van der Waals surface area contributed by atoms with Gasteiger partial charge in [0.2, 0.25) is 0 Å². The normalized spacial score (nSPS) is 56.1. The molecule has 0 aromatic carbocycles. The SMILES string of the molecule is CC1CCC23OC2C2OC2C=C13.ClC1CCC23OC2C=CC=C13.FC1CCC23OC2C=CC=C13. The van der Waals surface area contributed by atoms with Gasteiger partial charge in [0.15, 0.2) is 0 Å². The van der Waals surface area contributed by atoms with E-state index in [1.54, 1.807) is 5.57 Å². The third-order valence-corrected chi connectivity index (χ3v) is 10.2. The van der Waals surface area contributed by atoms with Crippen molar-refractivity contribution in [1.82, 2.24) is 0 Å². The van der Waals surface area contributed by atoms with Crippen LogP contribution < -0.4 is 0 Å². The number of halogens is 2. The highest BCUT2D eigenvalue weighted by atomic mass is 35.5. The molecule has 3 saturated carbocycles. The fraction of sp³-hybridized carbons (Fsp3) is 0.643. The largest absolute Gasteiger partial charge is 0.362 e. The molecule has 0 aromatic heterocycles. The van der Waals surface area contributed by atoms with Gasteiger partial charge in [0.05, 0.1) is 5.38 Å². The number of epoxide rings is 4. The Morgan fingerprint density at radius 3 is 2.26 bits per heavy atom. The summed E-state index contributed by atoms with van der Waals surface area (Å²) in [6, 6.07) is 0. The van der Waals surface area contributed by atoms with Crippen LogP contribution in [-0.2, 0) is 18.9 Å². The Kier molecular flexibility index (Phi) is 4.15.